The minimum absolute atomic E-state index is 0.00262. The van der Waals surface area contributed by atoms with Gasteiger partial charge in [0, 0.05) is 24.7 Å². The molecule has 1 aliphatic rings. The highest BCUT2D eigenvalue weighted by molar-refractivity contribution is 5.97. The number of ether oxygens (including phenoxy) is 1. The summed E-state index contributed by atoms with van der Waals surface area (Å²) in [6, 6.07) is 5.33. The first kappa shape index (κ1) is 20.6. The van der Waals surface area contributed by atoms with Gasteiger partial charge in [-0.25, -0.2) is 9.78 Å². The lowest BCUT2D eigenvalue weighted by molar-refractivity contribution is -0.131. The second-order valence-corrected chi connectivity index (χ2v) is 8.12. The Morgan fingerprint density at radius 3 is 2.66 bits per heavy atom. The highest BCUT2D eigenvalue weighted by Gasteiger charge is 2.25. The van der Waals surface area contributed by atoms with Gasteiger partial charge in [-0.15, -0.1) is 0 Å². The van der Waals surface area contributed by atoms with Crippen LogP contribution in [-0.2, 0) is 9.53 Å². The zero-order chi connectivity index (χ0) is 21.0. The number of likely N-dealkylation sites (tertiary alicyclic amines) is 1. The summed E-state index contributed by atoms with van der Waals surface area (Å²) < 4.78 is 5.13. The molecule has 3 amide bonds. The van der Waals surface area contributed by atoms with Crippen molar-refractivity contribution < 1.29 is 19.1 Å². The van der Waals surface area contributed by atoms with Crippen LogP contribution in [0.4, 0.5) is 4.79 Å². The number of carbonyl (C=O) groups is 3. The Balaban J connectivity index is 1.43. The largest absolute Gasteiger partial charge is 0.444 e. The van der Waals surface area contributed by atoms with Gasteiger partial charge in [0.2, 0.25) is 5.91 Å². The van der Waals surface area contributed by atoms with Gasteiger partial charge in [-0.05, 0) is 51.8 Å². The van der Waals surface area contributed by atoms with Crippen molar-refractivity contribution in [3.63, 3.8) is 0 Å². The number of piperidine rings is 1. The van der Waals surface area contributed by atoms with Crippen LogP contribution in [0.5, 0.6) is 0 Å². The molecule has 3 N–H and O–H groups in total. The number of aromatic nitrogens is 2. The molecule has 0 bridgehead atoms. The quantitative estimate of drug-likeness (QED) is 0.722. The Morgan fingerprint density at radius 1 is 1.24 bits per heavy atom. The number of nitrogens with one attached hydrogen (secondary N) is 3. The lowest BCUT2D eigenvalue weighted by Gasteiger charge is -2.32. The molecule has 9 nitrogen and oxygen atoms in total. The first-order valence-electron chi connectivity index (χ1n) is 9.70. The molecule has 1 aromatic carbocycles. The van der Waals surface area contributed by atoms with E-state index in [0.717, 1.165) is 11.0 Å². The zero-order valence-corrected chi connectivity index (χ0v) is 16.9. The summed E-state index contributed by atoms with van der Waals surface area (Å²) in [4.78, 5) is 45.3. The number of H-pyrrole nitrogens is 1. The molecule has 1 fully saturated rings. The van der Waals surface area contributed by atoms with Crippen LogP contribution < -0.4 is 10.6 Å². The molecule has 3 rings (SSSR count). The molecule has 0 saturated carbocycles. The molecule has 1 saturated heterocycles. The van der Waals surface area contributed by atoms with Crippen LogP contribution in [0.2, 0.25) is 0 Å². The summed E-state index contributed by atoms with van der Waals surface area (Å²) in [5.41, 5.74) is 1.59. The smallest absolute Gasteiger partial charge is 0.408 e. The Bertz CT molecular complexity index is 894. The lowest BCUT2D eigenvalue weighted by Crippen LogP contribution is -2.49. The third-order valence-corrected chi connectivity index (χ3v) is 4.65. The molecule has 156 valence electrons. The SMILES string of the molecule is CC(C)(C)OC(=O)NCC(=O)N1CCC(NC(=O)c2ccc3nc[nH]c3c2)CC1. The van der Waals surface area contributed by atoms with Crippen molar-refractivity contribution >= 4 is 28.9 Å². The number of benzene rings is 1. The van der Waals surface area contributed by atoms with Crippen molar-refractivity contribution in [1.82, 2.24) is 25.5 Å². The van der Waals surface area contributed by atoms with Gasteiger partial charge in [-0.1, -0.05) is 0 Å². The number of aromatic amines is 1. The maximum atomic E-state index is 12.5. The summed E-state index contributed by atoms with van der Waals surface area (Å²) in [7, 11) is 0. The first-order chi connectivity index (χ1) is 13.7. The van der Waals surface area contributed by atoms with E-state index in [2.05, 4.69) is 20.6 Å². The fraction of sp³-hybridized carbons (Fsp3) is 0.500. The van der Waals surface area contributed by atoms with Crippen LogP contribution in [0.25, 0.3) is 11.0 Å². The zero-order valence-electron chi connectivity index (χ0n) is 16.9. The number of amides is 3. The van der Waals surface area contributed by atoms with E-state index in [4.69, 9.17) is 4.74 Å². The fourth-order valence-corrected chi connectivity index (χ4v) is 3.19. The molecule has 0 unspecified atom stereocenters. The molecule has 29 heavy (non-hydrogen) atoms. The van der Waals surface area contributed by atoms with Crippen LogP contribution in [0.1, 0.15) is 44.0 Å². The van der Waals surface area contributed by atoms with Gasteiger partial charge in [-0.3, -0.25) is 9.59 Å². The number of hydrogen-bond acceptors (Lipinski definition) is 5. The number of nitrogens with zero attached hydrogens (tertiary/aromatic N) is 2. The maximum absolute atomic E-state index is 12.5. The number of imidazole rings is 1. The molecule has 0 radical (unpaired) electrons. The predicted molar refractivity (Wildman–Crippen MR) is 107 cm³/mol. The summed E-state index contributed by atoms with van der Waals surface area (Å²) in [6.07, 6.45) is 2.31. The topological polar surface area (TPSA) is 116 Å². The number of hydrogen-bond donors (Lipinski definition) is 3. The molecule has 2 aromatic rings. The Labute approximate surface area is 169 Å². The molecular weight excluding hydrogens is 374 g/mol. The van der Waals surface area contributed by atoms with E-state index >= 15 is 0 Å². The molecule has 0 aliphatic carbocycles. The summed E-state index contributed by atoms with van der Waals surface area (Å²) in [6.45, 7) is 6.25. The van der Waals surface area contributed by atoms with E-state index in [1.54, 1.807) is 50.2 Å². The van der Waals surface area contributed by atoms with Gasteiger partial charge in [0.25, 0.3) is 5.91 Å². The molecule has 0 spiro atoms. The molecule has 1 aliphatic heterocycles. The van der Waals surface area contributed by atoms with Crippen LogP contribution >= 0.6 is 0 Å². The lowest BCUT2D eigenvalue weighted by atomic mass is 10.0. The van der Waals surface area contributed by atoms with Crippen molar-refractivity contribution in [1.29, 1.82) is 0 Å². The van der Waals surface area contributed by atoms with E-state index in [9.17, 15) is 14.4 Å². The molecule has 0 atom stereocenters. The van der Waals surface area contributed by atoms with Crippen LogP contribution in [0.3, 0.4) is 0 Å². The third-order valence-electron chi connectivity index (χ3n) is 4.65. The Kier molecular flexibility index (Phi) is 6.05. The van der Waals surface area contributed by atoms with Crippen molar-refractivity contribution in [2.75, 3.05) is 19.6 Å². The minimum atomic E-state index is -0.609. The van der Waals surface area contributed by atoms with Crippen LogP contribution in [-0.4, -0.2) is 64.1 Å². The van der Waals surface area contributed by atoms with Gasteiger partial charge in [-0.2, -0.15) is 0 Å². The van der Waals surface area contributed by atoms with E-state index in [1.165, 1.54) is 0 Å². The average molecular weight is 401 g/mol. The maximum Gasteiger partial charge on any atom is 0.408 e. The monoisotopic (exact) mass is 401 g/mol. The second kappa shape index (κ2) is 8.50. The van der Waals surface area contributed by atoms with E-state index in [0.29, 0.717) is 31.5 Å². The Morgan fingerprint density at radius 2 is 1.97 bits per heavy atom. The standard InChI is InChI=1S/C20H27N5O4/c1-20(2,3)29-19(28)21-11-17(26)25-8-6-14(7-9-25)24-18(27)13-4-5-15-16(10-13)23-12-22-15/h4-5,10,12,14H,6-9,11H2,1-3H3,(H,21,28)(H,22,23)(H,24,27). The molecule has 1 aromatic heterocycles. The summed E-state index contributed by atoms with van der Waals surface area (Å²) in [5.74, 6) is -0.303. The predicted octanol–water partition coefficient (Wildman–Crippen LogP) is 1.81. The molecular formula is C20H27N5O4. The Hall–Kier alpha value is -3.10. The number of carbonyl (C=O) groups excluding carboxylic acids is 3. The van der Waals surface area contributed by atoms with Gasteiger partial charge in [0.1, 0.15) is 12.1 Å². The van der Waals surface area contributed by atoms with Crippen LogP contribution in [0, 0.1) is 0 Å². The van der Waals surface area contributed by atoms with Gasteiger partial charge in [0.05, 0.1) is 17.4 Å². The van der Waals surface area contributed by atoms with Crippen molar-refractivity contribution in [2.24, 2.45) is 0 Å². The van der Waals surface area contributed by atoms with E-state index in [1.807, 2.05) is 0 Å². The number of fused-ring (bicyclic) bond motifs is 1. The van der Waals surface area contributed by atoms with Crippen LogP contribution in [0.15, 0.2) is 24.5 Å². The third kappa shape index (κ3) is 5.69. The molecule has 9 heteroatoms. The van der Waals surface area contributed by atoms with Gasteiger partial charge < -0.3 is 25.3 Å². The van der Waals surface area contributed by atoms with E-state index in [-0.39, 0.29) is 24.4 Å². The first-order valence-corrected chi connectivity index (χ1v) is 9.70. The minimum Gasteiger partial charge on any atom is -0.444 e. The van der Waals surface area contributed by atoms with E-state index < -0.39 is 11.7 Å². The summed E-state index contributed by atoms with van der Waals surface area (Å²) in [5, 5.41) is 5.51. The average Bonchev–Trinajstić information content (AvgIpc) is 3.13. The van der Waals surface area contributed by atoms with Crippen molar-refractivity contribution in [3.05, 3.63) is 30.1 Å². The molecule has 2 heterocycles. The summed E-state index contributed by atoms with van der Waals surface area (Å²) >= 11 is 0. The highest BCUT2D eigenvalue weighted by Crippen LogP contribution is 2.14. The fourth-order valence-electron chi connectivity index (χ4n) is 3.19. The van der Waals surface area contributed by atoms with Gasteiger partial charge >= 0.3 is 6.09 Å². The second-order valence-electron chi connectivity index (χ2n) is 8.12. The van der Waals surface area contributed by atoms with Gasteiger partial charge in [0.15, 0.2) is 0 Å². The highest BCUT2D eigenvalue weighted by atomic mass is 16.6. The number of rotatable bonds is 4. The number of alkyl carbamates (subject to hydrolysis) is 1. The van der Waals surface area contributed by atoms with Crippen molar-refractivity contribution in [3.8, 4) is 0 Å². The van der Waals surface area contributed by atoms with Crippen molar-refractivity contribution in [2.45, 2.75) is 45.3 Å². The normalized spacial score (nSPS) is 15.2.